The largest absolute Gasteiger partial charge is 2.00 e. The van der Waals surface area contributed by atoms with Gasteiger partial charge in [0.2, 0.25) is 0 Å². The molecule has 0 aliphatic carbocycles. The van der Waals surface area contributed by atoms with Gasteiger partial charge in [0.05, 0.1) is 55.4 Å². The molecule has 7 aromatic rings. The van der Waals surface area contributed by atoms with Crippen LogP contribution in [0.2, 0.25) is 0 Å². The van der Waals surface area contributed by atoms with Gasteiger partial charge >= 0.3 is 17.1 Å². The summed E-state index contributed by atoms with van der Waals surface area (Å²) in [5.74, 6) is 1.58. The summed E-state index contributed by atoms with van der Waals surface area (Å²) in [6.45, 7) is 7.39. The third-order valence-electron chi connectivity index (χ3n) is 16.9. The van der Waals surface area contributed by atoms with Gasteiger partial charge in [-0.2, -0.15) is 8.42 Å². The van der Waals surface area contributed by atoms with Crippen molar-refractivity contribution in [3.05, 3.63) is 91.0 Å². The normalized spacial score (nSPS) is 12.1. The zero-order valence-corrected chi connectivity index (χ0v) is 53.0. The molecule has 12 nitrogen and oxygen atoms in total. The molecule has 0 saturated carbocycles. The summed E-state index contributed by atoms with van der Waals surface area (Å²) in [7, 11) is 0.444. The minimum absolute atomic E-state index is 0. The maximum atomic E-state index is 12.1. The molecule has 2 aliphatic rings. The Morgan fingerprint density at radius 3 is 0.917 bits per heavy atom. The zero-order chi connectivity index (χ0) is 58.1. The topological polar surface area (TPSA) is 160 Å². The van der Waals surface area contributed by atoms with Crippen molar-refractivity contribution in [2.75, 3.05) is 27.2 Å². The first-order valence-corrected chi connectivity index (χ1v) is 33.9. The molecule has 5 heterocycles. The van der Waals surface area contributed by atoms with Crippen molar-refractivity contribution < 1.29 is 34.5 Å². The summed E-state index contributed by atoms with van der Waals surface area (Å²) < 4.78 is 35.1. The van der Waals surface area contributed by atoms with Crippen LogP contribution in [-0.4, -0.2) is 74.5 Å². The van der Waals surface area contributed by atoms with Crippen molar-refractivity contribution in [1.82, 2.24) is 39.9 Å². The molecule has 0 fully saturated rings. The van der Waals surface area contributed by atoms with Crippen LogP contribution in [0.1, 0.15) is 219 Å². The molecule has 84 heavy (non-hydrogen) atoms. The van der Waals surface area contributed by atoms with E-state index in [-0.39, 0.29) is 33.3 Å². The predicted molar refractivity (Wildman–Crippen MR) is 345 cm³/mol. The molecular weight excluding hydrogens is 1110 g/mol. The van der Waals surface area contributed by atoms with E-state index < -0.39 is 10.1 Å². The second kappa shape index (κ2) is 34.7. The monoisotopic (exact) mass is 1210 g/mol. The van der Waals surface area contributed by atoms with Gasteiger partial charge in [-0.3, -0.25) is 4.55 Å². The molecule has 0 unspecified atom stereocenters. The average molecular weight is 1210 g/mol. The van der Waals surface area contributed by atoms with Gasteiger partial charge in [0.15, 0.2) is 0 Å². The SMILES string of the molecule is CCCCCCCCCCCCCCCCCC[N+](C)(C)CCCCCCCCCCCCCCCCCC.O=S(=O)(O)c1ccc2c3nc4nc(nc5[n-]c(nc6nc(nc([n-]3)c2c1)-c1ccccc1-6)c1ccccc51)-c1ccccc1-4.[Cu+2]. The van der Waals surface area contributed by atoms with Crippen molar-refractivity contribution in [1.29, 1.82) is 0 Å². The minimum atomic E-state index is -4.49. The van der Waals surface area contributed by atoms with Crippen molar-refractivity contribution in [3.63, 3.8) is 0 Å². The quantitative estimate of drug-likeness (QED) is 0.0174. The van der Waals surface area contributed by atoms with Crippen LogP contribution in [0.15, 0.2) is 95.9 Å². The van der Waals surface area contributed by atoms with Gasteiger partial charge in [0, 0.05) is 44.8 Å². The first-order chi connectivity index (χ1) is 40.5. The Balaban J connectivity index is 0.000000241. The molecule has 14 heteroatoms. The van der Waals surface area contributed by atoms with Crippen LogP contribution in [0, 0.1) is 0 Å². The van der Waals surface area contributed by atoms with Gasteiger partial charge < -0.3 is 34.4 Å². The molecule has 455 valence electrons. The maximum Gasteiger partial charge on any atom is 2.00 e. The number of fused-ring (bicyclic) bond motifs is 20. The Hall–Kier alpha value is -5.37. The molecule has 1 radical (unpaired) electrons. The number of quaternary nitrogens is 1. The van der Waals surface area contributed by atoms with E-state index in [1.54, 1.807) is 6.07 Å². The molecule has 8 bridgehead atoms. The first-order valence-electron chi connectivity index (χ1n) is 32.5. The standard InChI is InChI=1S/C38H80N.C32H16N8O3S.Cu/c1-5-7-9-11-13-15-17-19-21-23-25-27-29-31-33-35-37-39(3,4)38-36-34-32-30-28-26-24-22-20-18-16-14-12-10-8-6-2;41-44(42,43)16-13-14-23-24(15-16)32-39-30-22-12-6-5-11-21(22)28(37-30)35-26-18-8-2-1-7-17(18)25(33-26)34-27-19-9-3-4-10-20(19)29(36-27)38-31(23)40-32;/h5-38H2,1-4H3;1-15H,(H-2,33,34,35,36,37,38,39,40,41,42,43);/q+1;-2;+2. The van der Waals surface area contributed by atoms with Gasteiger partial charge in [-0.15, -0.1) is 0 Å². The first kappa shape index (κ1) is 66.2. The van der Waals surface area contributed by atoms with Crippen molar-refractivity contribution in [3.8, 4) is 45.6 Å². The number of nitrogens with zero attached hydrogens (tertiary/aromatic N) is 9. The van der Waals surface area contributed by atoms with Gasteiger partial charge in [-0.25, -0.2) is 9.97 Å². The second-order valence-electron chi connectivity index (χ2n) is 24.3. The average Bonchev–Trinajstić information content (AvgIpc) is 2.92. The van der Waals surface area contributed by atoms with Crippen LogP contribution < -0.4 is 9.97 Å². The Bertz CT molecular complexity index is 3370. The van der Waals surface area contributed by atoms with E-state index >= 15 is 0 Å². The zero-order valence-electron chi connectivity index (χ0n) is 51.2. The van der Waals surface area contributed by atoms with Crippen molar-refractivity contribution in [2.24, 2.45) is 0 Å². The summed E-state index contributed by atoms with van der Waals surface area (Å²) in [5.41, 5.74) is 4.42. The fourth-order valence-electron chi connectivity index (χ4n) is 11.9. The number of rotatable bonds is 35. The van der Waals surface area contributed by atoms with Crippen LogP contribution in [-0.2, 0) is 27.2 Å². The van der Waals surface area contributed by atoms with Crippen LogP contribution in [0.4, 0.5) is 0 Å². The minimum Gasteiger partial charge on any atom is -0.357 e. The predicted octanol–water partition coefficient (Wildman–Crippen LogP) is 19.0. The molecule has 3 aromatic heterocycles. The molecule has 2 aliphatic heterocycles. The van der Waals surface area contributed by atoms with Gasteiger partial charge in [0.25, 0.3) is 10.1 Å². The Morgan fingerprint density at radius 2 is 0.619 bits per heavy atom. The molecule has 4 aromatic carbocycles. The third-order valence-corrected chi connectivity index (χ3v) is 17.8. The van der Waals surface area contributed by atoms with E-state index in [1.165, 1.54) is 235 Å². The molecule has 0 saturated heterocycles. The van der Waals surface area contributed by atoms with E-state index in [4.69, 9.17) is 39.9 Å². The number of hydrogen-bond donors (Lipinski definition) is 1. The van der Waals surface area contributed by atoms with E-state index in [2.05, 4.69) is 27.9 Å². The summed E-state index contributed by atoms with van der Waals surface area (Å²) in [6, 6.07) is 27.1. The molecule has 0 spiro atoms. The molecule has 9 rings (SSSR count). The van der Waals surface area contributed by atoms with Gasteiger partial charge in [0.1, 0.15) is 0 Å². The number of aromatic nitrogens is 8. The Morgan fingerprint density at radius 1 is 0.357 bits per heavy atom. The third kappa shape index (κ3) is 19.8. The van der Waals surface area contributed by atoms with Crippen molar-refractivity contribution in [2.45, 2.75) is 224 Å². The molecule has 0 atom stereocenters. The Kier molecular flexibility index (Phi) is 27.3. The molecule has 1 N–H and O–H groups in total. The van der Waals surface area contributed by atoms with Crippen LogP contribution in [0.25, 0.3) is 89.7 Å². The summed E-state index contributed by atoms with van der Waals surface area (Å²) in [5, 5.41) is 2.54. The number of benzene rings is 4. The molecule has 0 amide bonds. The van der Waals surface area contributed by atoms with E-state index in [9.17, 15) is 13.0 Å². The Labute approximate surface area is 513 Å². The van der Waals surface area contributed by atoms with E-state index in [0.29, 0.717) is 45.4 Å². The van der Waals surface area contributed by atoms with Crippen LogP contribution in [0.3, 0.4) is 0 Å². The number of hydrogen-bond acceptors (Lipinski definition) is 8. The number of unbranched alkanes of at least 4 members (excludes halogenated alkanes) is 30. The summed E-state index contributed by atoms with van der Waals surface area (Å²) in [6.07, 6.45) is 46.9. The van der Waals surface area contributed by atoms with Gasteiger partial charge in [-0.1, -0.05) is 272 Å². The van der Waals surface area contributed by atoms with E-state index in [0.717, 1.165) is 33.0 Å². The molecular formula is C70H96CuN9O3S+. The summed E-state index contributed by atoms with van der Waals surface area (Å²) >= 11 is 0. The fraction of sp³-hybridized carbons (Fsp3) is 0.543. The second-order valence-corrected chi connectivity index (χ2v) is 25.7. The van der Waals surface area contributed by atoms with Crippen LogP contribution in [0.5, 0.6) is 0 Å². The smallest absolute Gasteiger partial charge is 0.357 e. The fourth-order valence-corrected chi connectivity index (χ4v) is 12.4. The van der Waals surface area contributed by atoms with Gasteiger partial charge in [-0.05, 0) is 59.4 Å². The van der Waals surface area contributed by atoms with Crippen LogP contribution >= 0.6 is 0 Å². The maximum absolute atomic E-state index is 12.1. The summed E-state index contributed by atoms with van der Waals surface area (Å²) in [4.78, 5) is 38.2. The van der Waals surface area contributed by atoms with Crippen molar-refractivity contribution >= 4 is 54.3 Å². The van der Waals surface area contributed by atoms with E-state index in [1.807, 2.05) is 72.8 Å².